The maximum absolute atomic E-state index is 10.9. The lowest BCUT2D eigenvalue weighted by Gasteiger charge is -2.25. The van der Waals surface area contributed by atoms with Gasteiger partial charge in [0.1, 0.15) is 0 Å². The molecule has 0 radical (unpaired) electrons. The van der Waals surface area contributed by atoms with Gasteiger partial charge in [-0.25, -0.2) is 4.99 Å². The number of benzene rings is 2. The van der Waals surface area contributed by atoms with Gasteiger partial charge in [-0.3, -0.25) is 10.1 Å². The van der Waals surface area contributed by atoms with Gasteiger partial charge in [0, 0.05) is 36.0 Å². The van der Waals surface area contributed by atoms with Crippen LogP contribution in [0.3, 0.4) is 0 Å². The maximum Gasteiger partial charge on any atom is 0.269 e. The number of rotatable bonds is 8. The Morgan fingerprint density at radius 2 is 1.66 bits per heavy atom. The lowest BCUT2D eigenvalue weighted by molar-refractivity contribution is -0.384. The number of nitrogens with one attached hydrogen (secondary N) is 2. The van der Waals surface area contributed by atoms with E-state index >= 15 is 0 Å². The monoisotopic (exact) mass is 442 g/mol. The summed E-state index contributed by atoms with van der Waals surface area (Å²) in [5.74, 6) is 2.23. The number of methoxy groups -OCH3 is 3. The summed E-state index contributed by atoms with van der Waals surface area (Å²) in [6.07, 6.45) is 5.82. The molecule has 2 N–H and O–H groups in total. The molecule has 172 valence electrons. The van der Waals surface area contributed by atoms with Crippen LogP contribution in [0.1, 0.15) is 37.7 Å². The molecule has 0 unspecified atom stereocenters. The van der Waals surface area contributed by atoms with Gasteiger partial charge < -0.3 is 24.8 Å². The van der Waals surface area contributed by atoms with Gasteiger partial charge in [-0.1, -0.05) is 31.4 Å². The van der Waals surface area contributed by atoms with Crippen molar-refractivity contribution in [3.05, 3.63) is 52.1 Å². The van der Waals surface area contributed by atoms with Crippen molar-refractivity contribution >= 4 is 17.3 Å². The Balaban J connectivity index is 1.83. The lowest BCUT2D eigenvalue weighted by atomic mass is 9.96. The van der Waals surface area contributed by atoms with Crippen LogP contribution in [-0.2, 0) is 6.54 Å². The third-order valence-electron chi connectivity index (χ3n) is 5.44. The number of nitrogens with zero attached hydrogens (tertiary/aromatic N) is 2. The van der Waals surface area contributed by atoms with E-state index in [2.05, 4.69) is 10.6 Å². The third kappa shape index (κ3) is 6.03. The Bertz CT molecular complexity index is 915. The van der Waals surface area contributed by atoms with Crippen LogP contribution in [-0.4, -0.2) is 38.3 Å². The maximum atomic E-state index is 10.9. The van der Waals surface area contributed by atoms with E-state index in [4.69, 9.17) is 19.2 Å². The molecule has 0 aliphatic heterocycles. The molecule has 9 nitrogen and oxygen atoms in total. The summed E-state index contributed by atoms with van der Waals surface area (Å²) in [5.41, 5.74) is 1.68. The Kier molecular flexibility index (Phi) is 8.13. The molecule has 1 aliphatic rings. The minimum atomic E-state index is -0.408. The molecule has 1 aliphatic carbocycles. The van der Waals surface area contributed by atoms with Gasteiger partial charge >= 0.3 is 0 Å². The minimum Gasteiger partial charge on any atom is -0.493 e. The fourth-order valence-corrected chi connectivity index (χ4v) is 3.74. The lowest BCUT2D eigenvalue weighted by Crippen LogP contribution is -2.40. The largest absolute Gasteiger partial charge is 0.493 e. The Labute approximate surface area is 187 Å². The zero-order valence-electron chi connectivity index (χ0n) is 18.7. The fraction of sp³-hybridized carbons (Fsp3) is 0.435. The topological polar surface area (TPSA) is 107 Å². The average molecular weight is 443 g/mol. The third-order valence-corrected chi connectivity index (χ3v) is 5.44. The Morgan fingerprint density at radius 1 is 1.03 bits per heavy atom. The van der Waals surface area contributed by atoms with Crippen LogP contribution < -0.4 is 24.8 Å². The second kappa shape index (κ2) is 11.2. The van der Waals surface area contributed by atoms with E-state index in [9.17, 15) is 10.1 Å². The van der Waals surface area contributed by atoms with Gasteiger partial charge in [-0.2, -0.15) is 0 Å². The van der Waals surface area contributed by atoms with Gasteiger partial charge in [0.25, 0.3) is 5.69 Å². The van der Waals surface area contributed by atoms with Gasteiger partial charge in [0.15, 0.2) is 17.5 Å². The van der Waals surface area contributed by atoms with Crippen LogP contribution in [0.4, 0.5) is 11.4 Å². The Hall–Kier alpha value is -3.49. The molecular weight excluding hydrogens is 412 g/mol. The highest BCUT2D eigenvalue weighted by Gasteiger charge is 2.17. The summed E-state index contributed by atoms with van der Waals surface area (Å²) < 4.78 is 16.3. The van der Waals surface area contributed by atoms with Crippen molar-refractivity contribution in [1.82, 2.24) is 5.32 Å². The number of nitro benzene ring substituents is 1. The molecule has 0 bridgehead atoms. The van der Waals surface area contributed by atoms with Crippen molar-refractivity contribution in [2.75, 3.05) is 26.6 Å². The smallest absolute Gasteiger partial charge is 0.269 e. The molecule has 9 heteroatoms. The molecule has 1 saturated carbocycles. The molecule has 3 rings (SSSR count). The molecule has 2 aromatic rings. The molecule has 1 fully saturated rings. The van der Waals surface area contributed by atoms with E-state index in [0.717, 1.165) is 24.1 Å². The molecule has 0 heterocycles. The van der Waals surface area contributed by atoms with E-state index in [-0.39, 0.29) is 5.69 Å². The summed E-state index contributed by atoms with van der Waals surface area (Å²) in [5, 5.41) is 17.7. The molecule has 2 aromatic carbocycles. The first-order chi connectivity index (χ1) is 15.5. The second-order valence-corrected chi connectivity index (χ2v) is 7.61. The van der Waals surface area contributed by atoms with E-state index in [1.807, 2.05) is 12.1 Å². The first-order valence-corrected chi connectivity index (χ1v) is 10.7. The van der Waals surface area contributed by atoms with Crippen molar-refractivity contribution in [2.24, 2.45) is 4.99 Å². The zero-order chi connectivity index (χ0) is 22.9. The summed E-state index contributed by atoms with van der Waals surface area (Å²) in [6.45, 7) is 0.379. The molecular formula is C23H30N4O5. The van der Waals surface area contributed by atoms with Crippen molar-refractivity contribution in [1.29, 1.82) is 0 Å². The summed E-state index contributed by atoms with van der Waals surface area (Å²) in [6, 6.07) is 10.4. The highest BCUT2D eigenvalue weighted by Crippen LogP contribution is 2.40. The Morgan fingerprint density at radius 3 is 2.19 bits per heavy atom. The van der Waals surface area contributed by atoms with Crippen molar-refractivity contribution in [2.45, 2.75) is 44.7 Å². The summed E-state index contributed by atoms with van der Waals surface area (Å²) >= 11 is 0. The fourth-order valence-electron chi connectivity index (χ4n) is 3.74. The average Bonchev–Trinajstić information content (AvgIpc) is 2.82. The summed E-state index contributed by atoms with van der Waals surface area (Å²) in [4.78, 5) is 15.2. The molecule has 0 aromatic heterocycles. The highest BCUT2D eigenvalue weighted by molar-refractivity contribution is 5.94. The predicted octanol–water partition coefficient (Wildman–Crippen LogP) is 4.51. The number of hydrogen-bond acceptors (Lipinski definition) is 6. The van der Waals surface area contributed by atoms with Gasteiger partial charge in [0.05, 0.1) is 32.8 Å². The van der Waals surface area contributed by atoms with Crippen molar-refractivity contribution in [3.8, 4) is 17.2 Å². The van der Waals surface area contributed by atoms with Crippen LogP contribution in [0.15, 0.2) is 41.4 Å². The molecule has 0 amide bonds. The standard InChI is InChI=1S/C23H30N4O5/c1-30-20-13-18(14-21(31-2)22(20)32-3)26-23(25-17-7-5-4-6-8-17)24-15-16-9-11-19(12-10-16)27(28)29/h9-14,17H,4-8,15H2,1-3H3,(H2,24,25,26). The number of aliphatic imine (C=N–C) groups is 1. The number of hydrogen-bond donors (Lipinski definition) is 2. The van der Waals surface area contributed by atoms with Crippen molar-refractivity contribution < 1.29 is 19.1 Å². The van der Waals surface area contributed by atoms with Crippen LogP contribution in [0.2, 0.25) is 0 Å². The van der Waals surface area contributed by atoms with E-state index in [0.29, 0.717) is 35.8 Å². The van der Waals surface area contributed by atoms with Crippen LogP contribution >= 0.6 is 0 Å². The molecule has 0 saturated heterocycles. The predicted molar refractivity (Wildman–Crippen MR) is 124 cm³/mol. The first kappa shape index (κ1) is 23.2. The van der Waals surface area contributed by atoms with Gasteiger partial charge in [-0.15, -0.1) is 0 Å². The highest BCUT2D eigenvalue weighted by atomic mass is 16.6. The van der Waals surface area contributed by atoms with E-state index < -0.39 is 4.92 Å². The molecule has 0 spiro atoms. The van der Waals surface area contributed by atoms with Crippen LogP contribution in [0.25, 0.3) is 0 Å². The van der Waals surface area contributed by atoms with Gasteiger partial charge in [0.2, 0.25) is 5.75 Å². The normalized spacial score (nSPS) is 14.5. The van der Waals surface area contributed by atoms with E-state index in [1.54, 1.807) is 33.5 Å². The van der Waals surface area contributed by atoms with Crippen molar-refractivity contribution in [3.63, 3.8) is 0 Å². The first-order valence-electron chi connectivity index (χ1n) is 10.7. The van der Waals surface area contributed by atoms with Crippen LogP contribution in [0.5, 0.6) is 17.2 Å². The molecule has 0 atom stereocenters. The summed E-state index contributed by atoms with van der Waals surface area (Å²) in [7, 11) is 4.71. The zero-order valence-corrected chi connectivity index (χ0v) is 18.7. The van der Waals surface area contributed by atoms with E-state index in [1.165, 1.54) is 31.4 Å². The minimum absolute atomic E-state index is 0.0637. The number of non-ortho nitro benzene ring substituents is 1. The number of guanidine groups is 1. The number of ether oxygens (including phenoxy) is 3. The second-order valence-electron chi connectivity index (χ2n) is 7.61. The number of anilines is 1. The van der Waals surface area contributed by atoms with Crippen LogP contribution in [0, 0.1) is 10.1 Å². The quantitative estimate of drug-likeness (QED) is 0.268. The SMILES string of the molecule is COc1cc(NC(=NCc2ccc([N+](=O)[O-])cc2)NC2CCCCC2)cc(OC)c1OC. The molecule has 32 heavy (non-hydrogen) atoms. The number of nitro groups is 1. The van der Waals surface area contributed by atoms with Gasteiger partial charge in [-0.05, 0) is 18.4 Å².